The molecule has 1 atom stereocenters. The van der Waals surface area contributed by atoms with Gasteiger partial charge in [-0.1, -0.05) is 11.6 Å². The van der Waals surface area contributed by atoms with Crippen molar-refractivity contribution in [3.63, 3.8) is 0 Å². The van der Waals surface area contributed by atoms with Gasteiger partial charge in [-0.3, -0.25) is 9.52 Å². The summed E-state index contributed by atoms with van der Waals surface area (Å²) in [5.41, 5.74) is 2.13. The third-order valence-corrected chi connectivity index (χ3v) is 7.69. The van der Waals surface area contributed by atoms with Gasteiger partial charge >= 0.3 is 0 Å². The molecule has 0 spiro atoms. The summed E-state index contributed by atoms with van der Waals surface area (Å²) >= 11 is 6.12. The molecule has 2 aliphatic heterocycles. The number of aromatic nitrogens is 2. The van der Waals surface area contributed by atoms with Gasteiger partial charge in [0.2, 0.25) is 5.91 Å². The molecule has 1 fully saturated rings. The quantitative estimate of drug-likeness (QED) is 0.584. The van der Waals surface area contributed by atoms with E-state index in [1.165, 1.54) is 30.5 Å². The number of nitrogens with one attached hydrogen (secondary N) is 1. The molecular formula is C22H23ClFN5O3S. The van der Waals surface area contributed by atoms with Gasteiger partial charge in [0.15, 0.2) is 5.82 Å². The predicted molar refractivity (Wildman–Crippen MR) is 127 cm³/mol. The Bertz CT molecular complexity index is 1330. The van der Waals surface area contributed by atoms with Crippen molar-refractivity contribution < 1.29 is 20.5 Å². The molecule has 0 aliphatic carbocycles. The number of nitrogens with zero attached hydrogens (tertiary/aromatic N) is 4. The van der Waals surface area contributed by atoms with Gasteiger partial charge in [-0.2, -0.15) is 5.10 Å². The van der Waals surface area contributed by atoms with E-state index < -0.39 is 15.8 Å². The zero-order valence-electron chi connectivity index (χ0n) is 17.3. The molecule has 0 unspecified atom stereocenters. The van der Waals surface area contributed by atoms with E-state index in [0.29, 0.717) is 31.6 Å². The first-order valence-corrected chi connectivity index (χ1v) is 12.2. The molecule has 2 aliphatic rings. The van der Waals surface area contributed by atoms with E-state index in [1.54, 1.807) is 29.2 Å². The van der Waals surface area contributed by atoms with Gasteiger partial charge in [0.05, 0.1) is 9.92 Å². The number of anilines is 3. The Morgan fingerprint density at radius 3 is 2.64 bits per heavy atom. The maximum Gasteiger partial charge on any atom is 0.263 e. The molecule has 1 saturated heterocycles. The first kappa shape index (κ1) is 21.6. The fourth-order valence-corrected chi connectivity index (χ4v) is 5.58. The summed E-state index contributed by atoms with van der Waals surface area (Å²) in [4.78, 5) is 16.9. The van der Waals surface area contributed by atoms with Crippen LogP contribution in [0.3, 0.4) is 0 Å². The van der Waals surface area contributed by atoms with E-state index in [0.717, 1.165) is 11.3 Å². The Morgan fingerprint density at radius 1 is 1.12 bits per heavy atom. The highest BCUT2D eigenvalue weighted by molar-refractivity contribution is 7.92. The number of halogens is 2. The molecule has 1 amide bonds. The standard InChI is InChI=1S/C22H19ClFN5O3S.2H2/c23-21-16-9-12-29(18(16)8-7-17(21)24)19-10-13-28(22(19)30)14-3-5-15(6-4-14)33(31,32)27-20-2-1-11-25-26-20;;/h1-8,11,19H,9-10,12-13H2,(H,26,27);2*1H/t19-;;/m0../s1. The molecule has 1 aromatic heterocycles. The Hall–Kier alpha value is -3.24. The second-order valence-corrected chi connectivity index (χ2v) is 9.87. The van der Waals surface area contributed by atoms with Crippen LogP contribution in [0, 0.1) is 5.82 Å². The van der Waals surface area contributed by atoms with Crippen LogP contribution in [0.4, 0.5) is 21.6 Å². The molecule has 3 aromatic rings. The topological polar surface area (TPSA) is 95.5 Å². The average molecular weight is 492 g/mol. The molecule has 5 rings (SSSR count). The Balaban J connectivity index is 0.00000171. The highest BCUT2D eigenvalue weighted by atomic mass is 35.5. The lowest BCUT2D eigenvalue weighted by molar-refractivity contribution is -0.118. The number of hydrogen-bond acceptors (Lipinski definition) is 6. The number of benzene rings is 2. The normalized spacial score (nSPS) is 18.0. The van der Waals surface area contributed by atoms with E-state index in [1.807, 2.05) is 4.90 Å². The Labute approximate surface area is 198 Å². The summed E-state index contributed by atoms with van der Waals surface area (Å²) in [6.07, 6.45) is 2.63. The number of carbonyl (C=O) groups excluding carboxylic acids is 1. The van der Waals surface area contributed by atoms with Gasteiger partial charge in [-0.15, -0.1) is 5.10 Å². The van der Waals surface area contributed by atoms with Gasteiger partial charge in [0, 0.05) is 33.5 Å². The third-order valence-electron chi connectivity index (χ3n) is 5.91. The summed E-state index contributed by atoms with van der Waals surface area (Å²) in [5, 5.41) is 7.49. The fraction of sp³-hybridized carbons (Fsp3) is 0.227. The molecule has 11 heteroatoms. The number of hydrogen-bond donors (Lipinski definition) is 1. The van der Waals surface area contributed by atoms with E-state index in [4.69, 9.17) is 11.6 Å². The van der Waals surface area contributed by atoms with Crippen LogP contribution in [0.25, 0.3) is 0 Å². The minimum absolute atomic E-state index is 0. The van der Waals surface area contributed by atoms with Crippen molar-refractivity contribution in [3.8, 4) is 0 Å². The molecule has 33 heavy (non-hydrogen) atoms. The average Bonchev–Trinajstić information content (AvgIpc) is 3.40. The van der Waals surface area contributed by atoms with Gasteiger partial charge in [0.25, 0.3) is 10.0 Å². The zero-order chi connectivity index (χ0) is 23.2. The lowest BCUT2D eigenvalue weighted by Gasteiger charge is -2.26. The van der Waals surface area contributed by atoms with Crippen LogP contribution in [0.5, 0.6) is 0 Å². The first-order chi connectivity index (χ1) is 15.8. The smallest absolute Gasteiger partial charge is 0.263 e. The number of carbonyl (C=O) groups is 1. The van der Waals surface area contributed by atoms with E-state index >= 15 is 0 Å². The highest BCUT2D eigenvalue weighted by Gasteiger charge is 2.39. The van der Waals surface area contributed by atoms with E-state index in [9.17, 15) is 17.6 Å². The fourth-order valence-electron chi connectivity index (χ4n) is 4.33. The SMILES string of the molecule is O=C1[C@@H](N2CCc3c2ccc(F)c3Cl)CCN1c1ccc(S(=O)(=O)Nc2cccnn2)cc1.[HH].[HH]. The van der Waals surface area contributed by atoms with Crippen LogP contribution in [-0.4, -0.2) is 43.7 Å². The molecule has 2 aromatic carbocycles. The molecule has 174 valence electrons. The van der Waals surface area contributed by atoms with Gasteiger partial charge in [-0.25, -0.2) is 12.8 Å². The molecular weight excluding hydrogens is 469 g/mol. The van der Waals surface area contributed by atoms with Crippen molar-refractivity contribution in [2.45, 2.75) is 23.8 Å². The lowest BCUT2D eigenvalue weighted by Crippen LogP contribution is -2.41. The minimum Gasteiger partial charge on any atom is -0.359 e. The number of rotatable bonds is 5. The van der Waals surface area contributed by atoms with Crippen LogP contribution in [-0.2, 0) is 21.2 Å². The lowest BCUT2D eigenvalue weighted by atomic mass is 10.1. The molecule has 1 N–H and O–H groups in total. The van der Waals surface area contributed by atoms with Crippen LogP contribution < -0.4 is 14.5 Å². The summed E-state index contributed by atoms with van der Waals surface area (Å²) in [5.74, 6) is -0.429. The number of sulfonamides is 1. The highest BCUT2D eigenvalue weighted by Crippen LogP contribution is 2.38. The van der Waals surface area contributed by atoms with Crippen LogP contribution in [0.15, 0.2) is 59.6 Å². The van der Waals surface area contributed by atoms with Crippen LogP contribution >= 0.6 is 11.6 Å². The first-order valence-electron chi connectivity index (χ1n) is 10.3. The van der Waals surface area contributed by atoms with E-state index in [2.05, 4.69) is 14.9 Å². The zero-order valence-corrected chi connectivity index (χ0v) is 18.9. The molecule has 3 heterocycles. The van der Waals surface area contributed by atoms with Crippen LogP contribution in [0.1, 0.15) is 14.8 Å². The monoisotopic (exact) mass is 491 g/mol. The molecule has 0 radical (unpaired) electrons. The maximum absolute atomic E-state index is 13.8. The summed E-state index contributed by atoms with van der Waals surface area (Å²) in [6, 6.07) is 11.8. The van der Waals surface area contributed by atoms with Crippen molar-refractivity contribution in [2.75, 3.05) is 27.6 Å². The number of fused-ring (bicyclic) bond motifs is 1. The van der Waals surface area contributed by atoms with Crippen molar-refractivity contribution in [2.24, 2.45) is 0 Å². The largest absolute Gasteiger partial charge is 0.359 e. The Morgan fingerprint density at radius 2 is 1.91 bits per heavy atom. The number of amides is 1. The van der Waals surface area contributed by atoms with Crippen molar-refractivity contribution >= 4 is 44.7 Å². The maximum atomic E-state index is 13.8. The van der Waals surface area contributed by atoms with E-state index in [-0.39, 0.29) is 30.5 Å². The predicted octanol–water partition coefficient (Wildman–Crippen LogP) is 3.73. The van der Waals surface area contributed by atoms with Crippen molar-refractivity contribution in [1.29, 1.82) is 0 Å². The van der Waals surface area contributed by atoms with Gasteiger partial charge < -0.3 is 9.80 Å². The Kier molecular flexibility index (Phi) is 5.41. The molecule has 0 bridgehead atoms. The van der Waals surface area contributed by atoms with Crippen LogP contribution in [0.2, 0.25) is 5.02 Å². The molecule has 8 nitrogen and oxygen atoms in total. The molecule has 0 saturated carbocycles. The summed E-state index contributed by atoms with van der Waals surface area (Å²) in [6.45, 7) is 1.09. The van der Waals surface area contributed by atoms with Gasteiger partial charge in [0.1, 0.15) is 11.9 Å². The van der Waals surface area contributed by atoms with Crippen molar-refractivity contribution in [3.05, 3.63) is 71.1 Å². The second kappa shape index (κ2) is 8.27. The van der Waals surface area contributed by atoms with Gasteiger partial charge in [-0.05, 0) is 66.9 Å². The minimum atomic E-state index is -3.84. The third kappa shape index (κ3) is 3.89. The second-order valence-electron chi connectivity index (χ2n) is 7.81. The summed E-state index contributed by atoms with van der Waals surface area (Å²) < 4.78 is 41.3. The summed E-state index contributed by atoms with van der Waals surface area (Å²) in [7, 11) is -3.84. The van der Waals surface area contributed by atoms with Crippen molar-refractivity contribution in [1.82, 2.24) is 10.2 Å².